The molecular weight excluding hydrogens is 568 g/mol. The number of phenolic OH excluding ortho intramolecular Hbond substituents is 1. The van der Waals surface area contributed by atoms with E-state index in [0.717, 1.165) is 70.0 Å². The molecule has 0 radical (unpaired) electrons. The van der Waals surface area contributed by atoms with Gasteiger partial charge < -0.3 is 15.1 Å². The average Bonchev–Trinajstić information content (AvgIpc) is 3.15. The molecule has 0 bridgehead atoms. The van der Waals surface area contributed by atoms with Crippen LogP contribution in [0.15, 0.2) is 18.2 Å². The van der Waals surface area contributed by atoms with Crippen LogP contribution in [0.2, 0.25) is 0 Å². The fourth-order valence-electron chi connectivity index (χ4n) is 8.79. The molecule has 0 amide bonds. The van der Waals surface area contributed by atoms with Crippen LogP contribution in [-0.2, 0) is 6.42 Å². The van der Waals surface area contributed by atoms with Gasteiger partial charge in [0.15, 0.2) is 0 Å². The van der Waals surface area contributed by atoms with E-state index in [-0.39, 0.29) is 23.5 Å². The number of alkyl halides is 6. The largest absolute Gasteiger partial charge is 0.508 e. The van der Waals surface area contributed by atoms with Crippen molar-refractivity contribution >= 4 is 0 Å². The summed E-state index contributed by atoms with van der Waals surface area (Å²) in [5.41, 5.74) is 1.57. The average molecular weight is 620 g/mol. The van der Waals surface area contributed by atoms with Gasteiger partial charge in [0.25, 0.3) is 0 Å². The second kappa shape index (κ2) is 13.5. The molecule has 0 spiro atoms. The molecule has 0 saturated heterocycles. The number of aromatic hydroxyl groups is 1. The first-order valence-electron chi connectivity index (χ1n) is 16.4. The standard InChI is InChI=1S/C34H51F6NO2/c1-31-16-13-28-27-12-11-26(42)22-23(27)20-24(30(28)29(31)14-17-32(31,2)43)21-25(35)10-9-19-41(3)18-8-6-4-5-7-15-33(36,37)34(38,39)40/h11-12,22,24-25,28-30,42-43H,4-10,13-21H2,1-3H3/t24-,25?,28+,29-,30+,31-,32-/m0/s1. The first-order valence-corrected chi connectivity index (χ1v) is 16.4. The third-order valence-corrected chi connectivity index (χ3v) is 11.5. The lowest BCUT2D eigenvalue weighted by atomic mass is 9.50. The van der Waals surface area contributed by atoms with Crippen molar-refractivity contribution in [2.24, 2.45) is 23.2 Å². The molecular formula is C34H51F6NO2. The van der Waals surface area contributed by atoms with Crippen LogP contribution in [0.25, 0.3) is 0 Å². The summed E-state index contributed by atoms with van der Waals surface area (Å²) < 4.78 is 78.3. The van der Waals surface area contributed by atoms with Gasteiger partial charge in [-0.1, -0.05) is 32.3 Å². The third kappa shape index (κ3) is 7.67. The van der Waals surface area contributed by atoms with Gasteiger partial charge in [0.1, 0.15) is 11.9 Å². The fraction of sp³-hybridized carbons (Fsp3) is 0.824. The molecule has 9 heteroatoms. The molecule has 246 valence electrons. The lowest BCUT2D eigenvalue weighted by molar-refractivity contribution is -0.284. The second-order valence-corrected chi connectivity index (χ2v) is 14.4. The predicted octanol–water partition coefficient (Wildman–Crippen LogP) is 9.20. The Balaban J connectivity index is 1.22. The summed E-state index contributed by atoms with van der Waals surface area (Å²) in [5, 5.41) is 21.5. The van der Waals surface area contributed by atoms with Crippen molar-refractivity contribution < 1.29 is 36.6 Å². The van der Waals surface area contributed by atoms with Gasteiger partial charge in [0.05, 0.1) is 5.60 Å². The monoisotopic (exact) mass is 619 g/mol. The minimum atomic E-state index is -5.47. The third-order valence-electron chi connectivity index (χ3n) is 11.5. The van der Waals surface area contributed by atoms with Gasteiger partial charge in [-0.05, 0) is 144 Å². The van der Waals surface area contributed by atoms with Crippen molar-refractivity contribution in [1.82, 2.24) is 4.90 Å². The Morgan fingerprint density at radius 2 is 1.63 bits per heavy atom. The van der Waals surface area contributed by atoms with Crippen LogP contribution in [0.5, 0.6) is 5.75 Å². The zero-order valence-electron chi connectivity index (χ0n) is 26.0. The number of aliphatic hydroxyl groups is 1. The number of rotatable bonds is 14. The van der Waals surface area contributed by atoms with Gasteiger partial charge in [0.2, 0.25) is 0 Å². The summed E-state index contributed by atoms with van der Waals surface area (Å²) >= 11 is 0. The summed E-state index contributed by atoms with van der Waals surface area (Å²) in [6.45, 7) is 5.74. The molecule has 0 aromatic heterocycles. The van der Waals surface area contributed by atoms with Crippen LogP contribution in [0, 0.1) is 23.2 Å². The van der Waals surface area contributed by atoms with E-state index in [0.29, 0.717) is 43.4 Å². The highest BCUT2D eigenvalue weighted by Gasteiger charge is 2.61. The Morgan fingerprint density at radius 1 is 0.953 bits per heavy atom. The SMILES string of the molecule is CN(CCCCCCCC(F)(F)C(F)(F)F)CCCC(F)C[C@@H]1Cc2cc(O)ccc2[C@H]2CC[C@@]3(C)[C@@H](CC[C@]3(C)O)[C@H]12. The van der Waals surface area contributed by atoms with Crippen LogP contribution >= 0.6 is 0 Å². The molecule has 0 aliphatic heterocycles. The van der Waals surface area contributed by atoms with Gasteiger partial charge in [0, 0.05) is 6.42 Å². The molecule has 1 aromatic rings. The molecule has 0 heterocycles. The van der Waals surface area contributed by atoms with E-state index in [1.165, 1.54) is 5.56 Å². The topological polar surface area (TPSA) is 43.7 Å². The smallest absolute Gasteiger partial charge is 0.453 e. The highest BCUT2D eigenvalue weighted by Crippen LogP contribution is 2.65. The van der Waals surface area contributed by atoms with Crippen molar-refractivity contribution in [3.8, 4) is 5.75 Å². The van der Waals surface area contributed by atoms with Crippen LogP contribution in [0.4, 0.5) is 26.3 Å². The highest BCUT2D eigenvalue weighted by molar-refractivity contribution is 5.41. The molecule has 43 heavy (non-hydrogen) atoms. The molecule has 2 saturated carbocycles. The van der Waals surface area contributed by atoms with E-state index in [9.17, 15) is 32.2 Å². The molecule has 1 aromatic carbocycles. The first-order chi connectivity index (χ1) is 20.1. The van der Waals surface area contributed by atoms with E-state index < -0.39 is 30.3 Å². The van der Waals surface area contributed by atoms with Gasteiger partial charge in [-0.3, -0.25) is 0 Å². The number of benzene rings is 1. The maximum atomic E-state index is 15.6. The lowest BCUT2D eigenvalue weighted by Gasteiger charge is -2.55. The van der Waals surface area contributed by atoms with Crippen LogP contribution in [-0.4, -0.2) is 59.1 Å². The molecule has 7 atom stereocenters. The summed E-state index contributed by atoms with van der Waals surface area (Å²) in [5.74, 6) is -3.18. The van der Waals surface area contributed by atoms with Gasteiger partial charge >= 0.3 is 12.1 Å². The molecule has 3 nitrogen and oxygen atoms in total. The van der Waals surface area contributed by atoms with Crippen LogP contribution < -0.4 is 0 Å². The van der Waals surface area contributed by atoms with Crippen molar-refractivity contribution in [3.63, 3.8) is 0 Å². The van der Waals surface area contributed by atoms with E-state index in [1.54, 1.807) is 6.07 Å². The second-order valence-electron chi connectivity index (χ2n) is 14.4. The minimum absolute atomic E-state index is 0.144. The first kappa shape index (κ1) is 34.4. The summed E-state index contributed by atoms with van der Waals surface area (Å²) in [6, 6.07) is 5.68. The molecule has 3 aliphatic carbocycles. The molecule has 3 aliphatic rings. The van der Waals surface area contributed by atoms with Crippen molar-refractivity contribution in [3.05, 3.63) is 29.3 Å². The number of hydrogen-bond acceptors (Lipinski definition) is 3. The van der Waals surface area contributed by atoms with Crippen molar-refractivity contribution in [2.45, 2.75) is 134 Å². The quantitative estimate of drug-likeness (QED) is 0.161. The Morgan fingerprint density at radius 3 is 2.35 bits per heavy atom. The van der Waals surface area contributed by atoms with Gasteiger partial charge in [-0.15, -0.1) is 0 Å². The number of fused-ring (bicyclic) bond motifs is 5. The molecule has 1 unspecified atom stereocenters. The maximum Gasteiger partial charge on any atom is 0.453 e. The van der Waals surface area contributed by atoms with E-state index in [4.69, 9.17) is 0 Å². The Labute approximate surface area is 253 Å². The summed E-state index contributed by atoms with van der Waals surface area (Å²) in [7, 11) is 1.97. The highest BCUT2D eigenvalue weighted by atomic mass is 19.4. The number of unbranched alkanes of at least 4 members (excludes halogenated alkanes) is 4. The van der Waals surface area contributed by atoms with Crippen molar-refractivity contribution in [2.75, 3.05) is 20.1 Å². The van der Waals surface area contributed by atoms with E-state index >= 15 is 4.39 Å². The summed E-state index contributed by atoms with van der Waals surface area (Å²) in [6.07, 6.45) is 0.983. The Hall–Kier alpha value is -1.48. The van der Waals surface area contributed by atoms with E-state index in [2.05, 4.69) is 17.9 Å². The number of hydrogen-bond donors (Lipinski definition) is 2. The number of nitrogens with zero attached hydrogens (tertiary/aromatic N) is 1. The van der Waals surface area contributed by atoms with Crippen LogP contribution in [0.1, 0.15) is 114 Å². The predicted molar refractivity (Wildman–Crippen MR) is 157 cm³/mol. The van der Waals surface area contributed by atoms with Crippen LogP contribution in [0.3, 0.4) is 0 Å². The molecule has 2 N–H and O–H groups in total. The van der Waals surface area contributed by atoms with E-state index in [1.807, 2.05) is 20.0 Å². The number of halogens is 6. The minimum Gasteiger partial charge on any atom is -0.508 e. The van der Waals surface area contributed by atoms with Gasteiger partial charge in [-0.25, -0.2) is 4.39 Å². The molecule has 4 rings (SSSR count). The van der Waals surface area contributed by atoms with Gasteiger partial charge in [-0.2, -0.15) is 22.0 Å². The maximum absolute atomic E-state index is 15.6. The molecule has 2 fully saturated rings. The van der Waals surface area contributed by atoms with Crippen molar-refractivity contribution in [1.29, 1.82) is 0 Å². The lowest BCUT2D eigenvalue weighted by Crippen LogP contribution is -2.51. The fourth-order valence-corrected chi connectivity index (χ4v) is 8.79. The summed E-state index contributed by atoms with van der Waals surface area (Å²) in [4.78, 5) is 2.13. The zero-order chi connectivity index (χ0) is 31.6. The Bertz CT molecular complexity index is 1060. The normalized spacial score (nSPS) is 31.5. The number of phenols is 1. The Kier molecular flexibility index (Phi) is 10.8. The zero-order valence-corrected chi connectivity index (χ0v) is 26.0.